The number of carbonyl (C=O) groups excluding carboxylic acids is 1. The van der Waals surface area contributed by atoms with Gasteiger partial charge >= 0.3 is 0 Å². The molecule has 1 N–H and O–H groups in total. The number of nitrogens with zero attached hydrogens (tertiary/aromatic N) is 1. The van der Waals surface area contributed by atoms with E-state index in [1.165, 1.54) is 4.88 Å². The highest BCUT2D eigenvalue weighted by atomic mass is 35.5. The van der Waals surface area contributed by atoms with Gasteiger partial charge in [0.05, 0.1) is 12.2 Å². The van der Waals surface area contributed by atoms with Crippen LogP contribution in [-0.4, -0.2) is 12.5 Å². The van der Waals surface area contributed by atoms with Gasteiger partial charge in [-0.05, 0) is 73.3 Å². The highest BCUT2D eigenvalue weighted by Gasteiger charge is 2.34. The van der Waals surface area contributed by atoms with E-state index in [1.54, 1.807) is 17.4 Å². The lowest BCUT2D eigenvalue weighted by atomic mass is 9.69. The molecule has 1 aromatic heterocycles. The molecule has 166 valence electrons. The van der Waals surface area contributed by atoms with E-state index in [1.807, 2.05) is 19.1 Å². The Balaban J connectivity index is 1.56. The summed E-state index contributed by atoms with van der Waals surface area (Å²) in [5, 5.41) is 14.1. The first kappa shape index (κ1) is 23.6. The number of anilines is 1. The summed E-state index contributed by atoms with van der Waals surface area (Å²) in [5.41, 5.74) is 3.08. The van der Waals surface area contributed by atoms with Crippen LogP contribution in [-0.2, 0) is 17.6 Å². The van der Waals surface area contributed by atoms with Gasteiger partial charge in [0.1, 0.15) is 16.8 Å². The molecule has 1 aliphatic rings. The second-order valence-corrected chi connectivity index (χ2v) is 10.6. The number of ether oxygens (including phenoxy) is 1. The van der Waals surface area contributed by atoms with Crippen LogP contribution >= 0.6 is 22.9 Å². The van der Waals surface area contributed by atoms with Crippen molar-refractivity contribution >= 4 is 33.8 Å². The summed E-state index contributed by atoms with van der Waals surface area (Å²) in [6.07, 6.45) is 5.13. The molecule has 0 bridgehead atoms. The van der Waals surface area contributed by atoms with E-state index in [0.717, 1.165) is 42.6 Å². The summed E-state index contributed by atoms with van der Waals surface area (Å²) < 4.78 is 5.77. The van der Waals surface area contributed by atoms with Crippen molar-refractivity contribution in [2.75, 3.05) is 11.9 Å². The summed E-state index contributed by atoms with van der Waals surface area (Å²) >= 11 is 7.55. The van der Waals surface area contributed by atoms with Gasteiger partial charge in [-0.3, -0.25) is 4.79 Å². The maximum atomic E-state index is 12.5. The van der Waals surface area contributed by atoms with Crippen molar-refractivity contribution in [2.45, 2.75) is 66.2 Å². The van der Waals surface area contributed by atoms with E-state index in [2.05, 4.69) is 32.2 Å². The van der Waals surface area contributed by atoms with Crippen LogP contribution in [0.5, 0.6) is 5.75 Å². The Hall–Kier alpha value is -2.03. The third-order valence-corrected chi connectivity index (χ3v) is 7.99. The minimum atomic E-state index is -0.0723. The Labute approximate surface area is 194 Å². The zero-order valence-electron chi connectivity index (χ0n) is 18.8. The Kier molecular flexibility index (Phi) is 7.67. The largest absolute Gasteiger partial charge is 0.493 e. The number of nitriles is 1. The average Bonchev–Trinajstić information content (AvgIpc) is 3.08. The molecule has 0 aliphatic heterocycles. The van der Waals surface area contributed by atoms with Crippen molar-refractivity contribution in [1.29, 1.82) is 5.26 Å². The van der Waals surface area contributed by atoms with E-state index in [4.69, 9.17) is 16.3 Å². The number of hydrogen-bond acceptors (Lipinski definition) is 4. The Morgan fingerprint density at radius 1 is 1.42 bits per heavy atom. The zero-order chi connectivity index (χ0) is 22.6. The van der Waals surface area contributed by atoms with Gasteiger partial charge in [0.15, 0.2) is 0 Å². The minimum Gasteiger partial charge on any atom is -0.493 e. The first-order chi connectivity index (χ1) is 14.7. The SMILES string of the molecule is CCC(C)(C)C1CCc2c(sc(NC(=O)CCCOc3ccc(Cl)cc3C)c2C#N)C1. The van der Waals surface area contributed by atoms with Crippen molar-refractivity contribution in [3.63, 3.8) is 0 Å². The fourth-order valence-corrected chi connectivity index (χ4v) is 5.65. The summed E-state index contributed by atoms with van der Waals surface area (Å²) in [4.78, 5) is 13.8. The van der Waals surface area contributed by atoms with Crippen LogP contribution in [0.3, 0.4) is 0 Å². The number of fused-ring (bicyclic) bond motifs is 1. The van der Waals surface area contributed by atoms with E-state index in [0.29, 0.717) is 46.4 Å². The quantitative estimate of drug-likeness (QED) is 0.436. The average molecular weight is 459 g/mol. The molecule has 0 fully saturated rings. The fourth-order valence-electron chi connectivity index (χ4n) is 4.13. The molecule has 1 heterocycles. The van der Waals surface area contributed by atoms with Crippen LogP contribution in [0, 0.1) is 29.6 Å². The molecule has 1 aliphatic carbocycles. The molecule has 4 nitrogen and oxygen atoms in total. The molecule has 0 saturated carbocycles. The van der Waals surface area contributed by atoms with Crippen LogP contribution in [0.4, 0.5) is 5.00 Å². The number of benzene rings is 1. The molecular formula is C25H31ClN2O2S. The van der Waals surface area contributed by atoms with Gasteiger partial charge in [0.25, 0.3) is 0 Å². The number of hydrogen-bond donors (Lipinski definition) is 1. The summed E-state index contributed by atoms with van der Waals surface area (Å²) in [6, 6.07) is 7.84. The molecule has 0 spiro atoms. The van der Waals surface area contributed by atoms with Crippen LogP contribution in [0.1, 0.15) is 68.0 Å². The second-order valence-electron chi connectivity index (χ2n) is 9.01. The number of nitrogens with one attached hydrogen (secondary N) is 1. The maximum absolute atomic E-state index is 12.5. The topological polar surface area (TPSA) is 62.1 Å². The summed E-state index contributed by atoms with van der Waals surface area (Å²) in [7, 11) is 0. The number of amides is 1. The van der Waals surface area contributed by atoms with Gasteiger partial charge < -0.3 is 10.1 Å². The van der Waals surface area contributed by atoms with E-state index in [-0.39, 0.29) is 5.91 Å². The molecule has 31 heavy (non-hydrogen) atoms. The minimum absolute atomic E-state index is 0.0723. The summed E-state index contributed by atoms with van der Waals surface area (Å²) in [5.74, 6) is 1.33. The molecule has 0 radical (unpaired) electrons. The number of thiophene rings is 1. The molecular weight excluding hydrogens is 428 g/mol. The summed E-state index contributed by atoms with van der Waals surface area (Å²) in [6.45, 7) is 9.31. The smallest absolute Gasteiger partial charge is 0.225 e. The van der Waals surface area contributed by atoms with Crippen molar-refractivity contribution in [2.24, 2.45) is 11.3 Å². The maximum Gasteiger partial charge on any atom is 0.225 e. The zero-order valence-corrected chi connectivity index (χ0v) is 20.4. The van der Waals surface area contributed by atoms with Crippen molar-refractivity contribution in [3.05, 3.63) is 44.8 Å². The molecule has 3 rings (SSSR count). The van der Waals surface area contributed by atoms with Crippen LogP contribution in [0.15, 0.2) is 18.2 Å². The van der Waals surface area contributed by atoms with Crippen LogP contribution in [0.25, 0.3) is 0 Å². The van der Waals surface area contributed by atoms with Crippen molar-refractivity contribution < 1.29 is 9.53 Å². The lowest BCUT2D eigenvalue weighted by molar-refractivity contribution is -0.116. The van der Waals surface area contributed by atoms with Crippen LogP contribution < -0.4 is 10.1 Å². The number of carbonyl (C=O) groups is 1. The molecule has 1 amide bonds. The lowest BCUT2D eigenvalue weighted by Gasteiger charge is -2.36. The number of aryl methyl sites for hydroxylation is 1. The van der Waals surface area contributed by atoms with Crippen LogP contribution in [0.2, 0.25) is 5.02 Å². The first-order valence-corrected chi connectivity index (χ1v) is 12.2. The monoisotopic (exact) mass is 458 g/mol. The Bertz CT molecular complexity index is 990. The molecule has 1 aromatic carbocycles. The lowest BCUT2D eigenvalue weighted by Crippen LogP contribution is -2.28. The highest BCUT2D eigenvalue weighted by Crippen LogP contribution is 2.45. The van der Waals surface area contributed by atoms with E-state index >= 15 is 0 Å². The van der Waals surface area contributed by atoms with Crippen molar-refractivity contribution in [3.8, 4) is 11.8 Å². The normalized spacial score (nSPS) is 15.8. The van der Waals surface area contributed by atoms with Gasteiger partial charge in [0, 0.05) is 16.3 Å². The molecule has 0 saturated heterocycles. The van der Waals surface area contributed by atoms with Gasteiger partial charge in [-0.2, -0.15) is 5.26 Å². The Morgan fingerprint density at radius 2 is 2.19 bits per heavy atom. The van der Waals surface area contributed by atoms with Gasteiger partial charge in [-0.1, -0.05) is 38.8 Å². The predicted molar refractivity (Wildman–Crippen MR) is 128 cm³/mol. The predicted octanol–water partition coefficient (Wildman–Crippen LogP) is 6.92. The molecule has 6 heteroatoms. The van der Waals surface area contributed by atoms with Gasteiger partial charge in [-0.25, -0.2) is 0 Å². The van der Waals surface area contributed by atoms with E-state index in [9.17, 15) is 10.1 Å². The van der Waals surface area contributed by atoms with Gasteiger partial charge in [-0.15, -0.1) is 11.3 Å². The molecule has 2 aromatic rings. The third-order valence-electron chi connectivity index (χ3n) is 6.59. The number of halogens is 1. The fraction of sp³-hybridized carbons (Fsp3) is 0.520. The van der Waals surface area contributed by atoms with Gasteiger partial charge in [0.2, 0.25) is 5.91 Å². The molecule has 1 unspecified atom stereocenters. The second kappa shape index (κ2) is 10.1. The van der Waals surface area contributed by atoms with Crippen molar-refractivity contribution in [1.82, 2.24) is 0 Å². The highest BCUT2D eigenvalue weighted by molar-refractivity contribution is 7.16. The third kappa shape index (κ3) is 5.61. The molecule has 1 atom stereocenters. The first-order valence-electron chi connectivity index (χ1n) is 11.0. The number of rotatable bonds is 8. The standard InChI is InChI=1S/C25H31ClN2O2S/c1-5-25(3,4)17-8-10-19-20(15-27)24(31-22(19)14-17)28-23(29)7-6-12-30-21-11-9-18(26)13-16(21)2/h9,11,13,17H,5-8,10,12,14H2,1-4H3,(H,28,29). The van der Waals surface area contributed by atoms with E-state index < -0.39 is 0 Å². The Morgan fingerprint density at radius 3 is 2.87 bits per heavy atom.